The lowest BCUT2D eigenvalue weighted by Crippen LogP contribution is -2.43. The normalized spacial score (nSPS) is 19.5. The number of aromatic nitrogens is 7. The van der Waals surface area contributed by atoms with Crippen LogP contribution in [-0.4, -0.2) is 54.1 Å². The molecule has 0 N–H and O–H groups in total. The maximum Gasteiger partial charge on any atom is 0.249 e. The van der Waals surface area contributed by atoms with Gasteiger partial charge in [0.1, 0.15) is 17.7 Å². The van der Waals surface area contributed by atoms with Crippen LogP contribution < -0.4 is 4.90 Å². The molecule has 1 aliphatic heterocycles. The van der Waals surface area contributed by atoms with Crippen LogP contribution in [0.15, 0.2) is 41.1 Å². The second kappa shape index (κ2) is 9.40. The van der Waals surface area contributed by atoms with Crippen LogP contribution >= 0.6 is 0 Å². The molecule has 5 heterocycles. The third kappa shape index (κ3) is 4.47. The molecule has 2 fully saturated rings. The minimum absolute atomic E-state index is 0.119. The zero-order valence-electron chi connectivity index (χ0n) is 22.2. The first-order valence-electron chi connectivity index (χ1n) is 13.2. The first kappa shape index (κ1) is 24.7. The van der Waals surface area contributed by atoms with E-state index in [-0.39, 0.29) is 23.7 Å². The van der Waals surface area contributed by atoms with Gasteiger partial charge < -0.3 is 14.1 Å². The van der Waals surface area contributed by atoms with Gasteiger partial charge in [-0.05, 0) is 44.9 Å². The topological polar surface area (TPSA) is 108 Å². The van der Waals surface area contributed by atoms with Gasteiger partial charge in [0.25, 0.3) is 0 Å². The average Bonchev–Trinajstić information content (AvgIpc) is 3.49. The highest BCUT2D eigenvalue weighted by Crippen LogP contribution is 2.37. The first-order valence-corrected chi connectivity index (χ1v) is 13.2. The van der Waals surface area contributed by atoms with Crippen molar-refractivity contribution in [2.45, 2.75) is 51.9 Å². The fourth-order valence-electron chi connectivity index (χ4n) is 5.14. The molecule has 0 unspecified atom stereocenters. The molecule has 1 aliphatic carbocycles. The smallest absolute Gasteiger partial charge is 0.249 e. The van der Waals surface area contributed by atoms with E-state index < -0.39 is 11.6 Å². The molecule has 0 spiro atoms. The van der Waals surface area contributed by atoms with E-state index in [0.29, 0.717) is 59.0 Å². The van der Waals surface area contributed by atoms with Crippen LogP contribution in [0.25, 0.3) is 33.7 Å². The van der Waals surface area contributed by atoms with Crippen LogP contribution in [-0.2, 0) is 4.74 Å². The maximum absolute atomic E-state index is 15.2. The van der Waals surface area contributed by atoms with Crippen LogP contribution in [0.2, 0.25) is 0 Å². The molecule has 2 aliphatic rings. The van der Waals surface area contributed by atoms with E-state index in [1.807, 2.05) is 35.8 Å². The molecule has 5 aromatic rings. The lowest BCUT2D eigenvalue weighted by atomic mass is 10.0. The molecule has 4 aromatic heterocycles. The Balaban J connectivity index is 1.34. The van der Waals surface area contributed by atoms with E-state index in [2.05, 4.69) is 15.3 Å². The SMILES string of the molecule is Cc1nnc(-c2cc3c(-c4ccc(F)cc4F)nc(N4C[C@@H](C)O[C@@H](c5cnn(C6CC6)c5)C4)nc3nc2C)o1. The molecule has 0 bridgehead atoms. The summed E-state index contributed by atoms with van der Waals surface area (Å²) in [4.78, 5) is 16.4. The van der Waals surface area contributed by atoms with Crippen LogP contribution in [0.4, 0.5) is 14.7 Å². The highest BCUT2D eigenvalue weighted by molar-refractivity contribution is 5.94. The predicted octanol–water partition coefficient (Wildman–Crippen LogP) is 5.13. The largest absolute Gasteiger partial charge is 0.421 e. The zero-order chi connectivity index (χ0) is 27.5. The van der Waals surface area contributed by atoms with Gasteiger partial charge in [-0.15, -0.1) is 10.2 Å². The quantitative estimate of drug-likeness (QED) is 0.297. The van der Waals surface area contributed by atoms with Crippen molar-refractivity contribution < 1.29 is 17.9 Å². The Labute approximate surface area is 228 Å². The van der Waals surface area contributed by atoms with Crippen LogP contribution in [0.5, 0.6) is 0 Å². The number of morpholine rings is 1. The first-order chi connectivity index (χ1) is 19.3. The molecule has 1 saturated heterocycles. The molecule has 7 rings (SSSR count). The summed E-state index contributed by atoms with van der Waals surface area (Å²) in [5, 5.41) is 13.0. The summed E-state index contributed by atoms with van der Waals surface area (Å²) in [6, 6.07) is 5.67. The van der Waals surface area contributed by atoms with Crippen LogP contribution in [0.3, 0.4) is 0 Å². The number of fused-ring (bicyclic) bond motifs is 1. The van der Waals surface area contributed by atoms with E-state index >= 15 is 4.39 Å². The molecular weight excluding hydrogens is 518 g/mol. The van der Waals surface area contributed by atoms with Gasteiger partial charge in [-0.3, -0.25) is 4.68 Å². The molecule has 1 aromatic carbocycles. The van der Waals surface area contributed by atoms with E-state index in [1.54, 1.807) is 13.0 Å². The Bertz CT molecular complexity index is 1750. The third-order valence-corrected chi connectivity index (χ3v) is 7.27. The van der Waals surface area contributed by atoms with Gasteiger partial charge in [0, 0.05) is 42.2 Å². The third-order valence-electron chi connectivity index (χ3n) is 7.27. The van der Waals surface area contributed by atoms with Crippen LogP contribution in [0, 0.1) is 25.5 Å². The van der Waals surface area contributed by atoms with Crippen molar-refractivity contribution in [1.82, 2.24) is 34.9 Å². The van der Waals surface area contributed by atoms with Gasteiger partial charge in [0.15, 0.2) is 5.65 Å². The number of aryl methyl sites for hydroxylation is 2. The molecule has 0 amide bonds. The molecule has 204 valence electrons. The van der Waals surface area contributed by atoms with Crippen LogP contribution in [0.1, 0.15) is 49.1 Å². The lowest BCUT2D eigenvalue weighted by molar-refractivity contribution is -0.0178. The number of hydrogen-bond acceptors (Lipinski definition) is 9. The minimum Gasteiger partial charge on any atom is -0.421 e. The number of hydrogen-bond donors (Lipinski definition) is 0. The summed E-state index contributed by atoms with van der Waals surface area (Å²) in [5.74, 6) is -0.329. The summed E-state index contributed by atoms with van der Waals surface area (Å²) in [7, 11) is 0. The van der Waals surface area contributed by atoms with Crippen molar-refractivity contribution in [1.29, 1.82) is 0 Å². The van der Waals surface area contributed by atoms with Gasteiger partial charge in [0.2, 0.25) is 17.7 Å². The molecule has 0 radical (unpaired) electrons. The number of ether oxygens (including phenoxy) is 1. The van der Waals surface area contributed by atoms with Crippen molar-refractivity contribution in [2.75, 3.05) is 18.0 Å². The van der Waals surface area contributed by atoms with Gasteiger partial charge in [-0.25, -0.2) is 18.7 Å². The van der Waals surface area contributed by atoms with Crippen molar-refractivity contribution in [3.05, 3.63) is 65.4 Å². The lowest BCUT2D eigenvalue weighted by Gasteiger charge is -2.36. The predicted molar refractivity (Wildman–Crippen MR) is 141 cm³/mol. The Morgan fingerprint density at radius 2 is 1.82 bits per heavy atom. The fourth-order valence-corrected chi connectivity index (χ4v) is 5.14. The number of benzene rings is 1. The Hall–Kier alpha value is -4.32. The summed E-state index contributed by atoms with van der Waals surface area (Å²) in [6.45, 7) is 6.52. The zero-order valence-corrected chi connectivity index (χ0v) is 22.2. The van der Waals surface area contributed by atoms with E-state index in [0.717, 1.165) is 24.5 Å². The molecule has 10 nitrogen and oxygen atoms in total. The summed E-state index contributed by atoms with van der Waals surface area (Å²) < 4.78 is 42.9. The highest BCUT2D eigenvalue weighted by atomic mass is 19.1. The molecule has 1 saturated carbocycles. The summed E-state index contributed by atoms with van der Waals surface area (Å²) in [6.07, 6.45) is 5.83. The van der Waals surface area contributed by atoms with Gasteiger partial charge in [-0.2, -0.15) is 10.1 Å². The second-order valence-corrected chi connectivity index (χ2v) is 10.4. The van der Waals surface area contributed by atoms with Gasteiger partial charge >= 0.3 is 0 Å². The molecule has 40 heavy (non-hydrogen) atoms. The van der Waals surface area contributed by atoms with E-state index in [4.69, 9.17) is 24.1 Å². The number of nitrogens with zero attached hydrogens (tertiary/aromatic N) is 8. The number of pyridine rings is 1. The number of rotatable bonds is 5. The fraction of sp³-hybridized carbons (Fsp3) is 0.357. The van der Waals surface area contributed by atoms with Crippen molar-refractivity contribution >= 4 is 17.0 Å². The molecule has 2 atom stereocenters. The molecule has 12 heteroatoms. The van der Waals surface area contributed by atoms with Crippen molar-refractivity contribution in [3.63, 3.8) is 0 Å². The summed E-state index contributed by atoms with van der Waals surface area (Å²) in [5.41, 5.74) is 2.99. The van der Waals surface area contributed by atoms with Crippen molar-refractivity contribution in [3.8, 4) is 22.7 Å². The number of halogens is 2. The Kier molecular flexibility index (Phi) is 5.81. The average molecular weight is 545 g/mol. The maximum atomic E-state index is 15.2. The summed E-state index contributed by atoms with van der Waals surface area (Å²) >= 11 is 0. The highest BCUT2D eigenvalue weighted by Gasteiger charge is 2.32. The second-order valence-electron chi connectivity index (χ2n) is 10.4. The van der Waals surface area contributed by atoms with E-state index in [1.165, 1.54) is 12.1 Å². The minimum atomic E-state index is -0.734. The Morgan fingerprint density at radius 1 is 0.975 bits per heavy atom. The standard InChI is InChI=1S/C28H26F2N8O2/c1-14-11-37(13-24(39-14)17-10-31-38(12-17)19-5-6-19)28-33-25(20-7-4-18(29)8-23(20)30)22-9-21(15(2)32-26(22)34-28)27-36-35-16(3)40-27/h4,7-10,12,14,19,24H,5-6,11,13H2,1-3H3/t14-,24-/m1/s1. The van der Waals surface area contributed by atoms with Crippen molar-refractivity contribution in [2.24, 2.45) is 0 Å². The van der Waals surface area contributed by atoms with E-state index in [9.17, 15) is 4.39 Å². The number of anilines is 1. The monoisotopic (exact) mass is 544 g/mol. The Morgan fingerprint density at radius 3 is 2.58 bits per heavy atom. The van der Waals surface area contributed by atoms with Gasteiger partial charge in [0.05, 0.1) is 41.8 Å². The van der Waals surface area contributed by atoms with Gasteiger partial charge in [-0.1, -0.05) is 0 Å². The molecular formula is C28H26F2N8O2.